The van der Waals surface area contributed by atoms with E-state index >= 15 is 0 Å². The Bertz CT molecular complexity index is 504. The summed E-state index contributed by atoms with van der Waals surface area (Å²) in [5.41, 5.74) is 3.38. The summed E-state index contributed by atoms with van der Waals surface area (Å²) < 4.78 is 1.05. The number of aliphatic hydroxyl groups excluding tert-OH is 1. The molecular weight excluding hydrogens is 284 g/mol. The number of aryl methyl sites for hydroxylation is 1. The monoisotopic (exact) mass is 296 g/mol. The second-order valence-electron chi connectivity index (χ2n) is 3.83. The Labute approximate surface area is 108 Å². The van der Waals surface area contributed by atoms with Crippen LogP contribution in [-0.4, -0.2) is 5.11 Å². The summed E-state index contributed by atoms with van der Waals surface area (Å²) in [5.74, 6) is 0. The number of thiophene rings is 1. The van der Waals surface area contributed by atoms with Crippen molar-refractivity contribution >= 4 is 27.3 Å². The number of rotatable bonds is 2. The van der Waals surface area contributed by atoms with Crippen LogP contribution in [0.5, 0.6) is 0 Å². The highest BCUT2D eigenvalue weighted by atomic mass is 79.9. The van der Waals surface area contributed by atoms with Gasteiger partial charge >= 0.3 is 0 Å². The summed E-state index contributed by atoms with van der Waals surface area (Å²) >= 11 is 4.99. The zero-order valence-electron chi connectivity index (χ0n) is 9.20. The van der Waals surface area contributed by atoms with Crippen molar-refractivity contribution in [3.63, 3.8) is 0 Å². The molecule has 16 heavy (non-hydrogen) atoms. The van der Waals surface area contributed by atoms with Crippen molar-refractivity contribution in [2.24, 2.45) is 0 Å². The number of aliphatic hydroxyl groups is 1. The quantitative estimate of drug-likeness (QED) is 0.880. The lowest BCUT2D eigenvalue weighted by atomic mass is 9.98. The van der Waals surface area contributed by atoms with Crippen LogP contribution in [0.1, 0.15) is 27.7 Å². The third-order valence-electron chi connectivity index (χ3n) is 2.80. The summed E-state index contributed by atoms with van der Waals surface area (Å²) in [7, 11) is 0. The van der Waals surface area contributed by atoms with E-state index < -0.39 is 6.10 Å². The third-order valence-corrected chi connectivity index (χ3v) is 4.48. The minimum Gasteiger partial charge on any atom is -0.383 e. The lowest BCUT2D eigenvalue weighted by molar-refractivity contribution is 0.223. The van der Waals surface area contributed by atoms with Crippen LogP contribution in [-0.2, 0) is 0 Å². The predicted molar refractivity (Wildman–Crippen MR) is 72.0 cm³/mol. The Morgan fingerprint density at radius 2 is 1.94 bits per heavy atom. The van der Waals surface area contributed by atoms with Crippen LogP contribution >= 0.6 is 27.3 Å². The Morgan fingerprint density at radius 1 is 1.19 bits per heavy atom. The van der Waals surface area contributed by atoms with Gasteiger partial charge in [0.05, 0.1) is 3.79 Å². The molecule has 3 heteroatoms. The highest BCUT2D eigenvalue weighted by Crippen LogP contribution is 2.32. The van der Waals surface area contributed by atoms with Gasteiger partial charge in [-0.05, 0) is 58.6 Å². The van der Waals surface area contributed by atoms with Gasteiger partial charge < -0.3 is 5.11 Å². The van der Waals surface area contributed by atoms with Gasteiger partial charge in [-0.3, -0.25) is 0 Å². The van der Waals surface area contributed by atoms with Gasteiger partial charge in [0.15, 0.2) is 0 Å². The summed E-state index contributed by atoms with van der Waals surface area (Å²) in [6.07, 6.45) is -0.517. The molecule has 2 aromatic rings. The minimum absolute atomic E-state index is 0.517. The molecular formula is C13H13BrOS. The number of benzene rings is 1. The first kappa shape index (κ1) is 11.8. The predicted octanol–water partition coefficient (Wildman–Crippen LogP) is 4.21. The minimum atomic E-state index is -0.517. The summed E-state index contributed by atoms with van der Waals surface area (Å²) in [4.78, 5) is 0.973. The van der Waals surface area contributed by atoms with Crippen molar-refractivity contribution in [1.29, 1.82) is 0 Å². The van der Waals surface area contributed by atoms with E-state index in [1.807, 2.05) is 24.3 Å². The number of hydrogen-bond acceptors (Lipinski definition) is 2. The van der Waals surface area contributed by atoms with Crippen LogP contribution < -0.4 is 0 Å². The maximum absolute atomic E-state index is 10.3. The van der Waals surface area contributed by atoms with E-state index in [4.69, 9.17) is 0 Å². The third kappa shape index (κ3) is 2.21. The Morgan fingerprint density at radius 3 is 2.56 bits per heavy atom. The van der Waals surface area contributed by atoms with Crippen molar-refractivity contribution < 1.29 is 5.11 Å². The first-order valence-corrected chi connectivity index (χ1v) is 6.70. The molecule has 1 unspecified atom stereocenters. The van der Waals surface area contributed by atoms with E-state index in [1.54, 1.807) is 11.3 Å². The van der Waals surface area contributed by atoms with E-state index in [2.05, 4.69) is 35.8 Å². The van der Waals surface area contributed by atoms with E-state index in [9.17, 15) is 5.11 Å². The van der Waals surface area contributed by atoms with Crippen LogP contribution in [0.15, 0.2) is 34.1 Å². The highest BCUT2D eigenvalue weighted by Gasteiger charge is 2.15. The molecule has 1 N–H and O–H groups in total. The number of halogens is 1. The Kier molecular flexibility index (Phi) is 3.47. The average Bonchev–Trinajstić information content (AvgIpc) is 2.68. The number of hydrogen-bond donors (Lipinski definition) is 1. The van der Waals surface area contributed by atoms with Gasteiger partial charge in [-0.1, -0.05) is 18.2 Å². The second-order valence-corrected chi connectivity index (χ2v) is 6.33. The van der Waals surface area contributed by atoms with Gasteiger partial charge in [0, 0.05) is 4.88 Å². The lowest BCUT2D eigenvalue weighted by Gasteiger charge is -2.13. The molecule has 0 radical (unpaired) electrons. The van der Waals surface area contributed by atoms with Crippen molar-refractivity contribution in [3.05, 3.63) is 55.7 Å². The molecule has 1 aromatic carbocycles. The molecule has 0 aliphatic rings. The molecule has 0 saturated heterocycles. The average molecular weight is 297 g/mol. The van der Waals surface area contributed by atoms with Crippen molar-refractivity contribution in [2.75, 3.05) is 0 Å². The zero-order chi connectivity index (χ0) is 11.7. The molecule has 0 aliphatic carbocycles. The molecule has 1 nitrogen and oxygen atoms in total. The van der Waals surface area contributed by atoms with Gasteiger partial charge in [0.2, 0.25) is 0 Å². The topological polar surface area (TPSA) is 20.2 Å². The highest BCUT2D eigenvalue weighted by molar-refractivity contribution is 9.11. The SMILES string of the molecule is Cc1cccc(C(O)c2ccc(Br)s2)c1C. The van der Waals surface area contributed by atoms with Crippen LogP contribution in [0.25, 0.3) is 0 Å². The Hall–Kier alpha value is -0.640. The van der Waals surface area contributed by atoms with Gasteiger partial charge in [0.25, 0.3) is 0 Å². The van der Waals surface area contributed by atoms with Gasteiger partial charge in [-0.25, -0.2) is 0 Å². The maximum atomic E-state index is 10.3. The first-order valence-electron chi connectivity index (χ1n) is 5.09. The smallest absolute Gasteiger partial charge is 0.113 e. The molecule has 0 fully saturated rings. The molecule has 0 bridgehead atoms. The van der Waals surface area contributed by atoms with Gasteiger partial charge in [-0.2, -0.15) is 0 Å². The fourth-order valence-electron chi connectivity index (χ4n) is 1.70. The van der Waals surface area contributed by atoms with Crippen molar-refractivity contribution in [2.45, 2.75) is 20.0 Å². The first-order chi connectivity index (χ1) is 7.59. The van der Waals surface area contributed by atoms with E-state index in [1.165, 1.54) is 11.1 Å². The molecule has 0 aliphatic heterocycles. The van der Waals surface area contributed by atoms with E-state index in [-0.39, 0.29) is 0 Å². The van der Waals surface area contributed by atoms with Crippen LogP contribution in [0.4, 0.5) is 0 Å². The molecule has 1 heterocycles. The molecule has 1 aromatic heterocycles. The fraction of sp³-hybridized carbons (Fsp3) is 0.231. The molecule has 1 atom stereocenters. The van der Waals surface area contributed by atoms with Crippen LogP contribution in [0, 0.1) is 13.8 Å². The van der Waals surface area contributed by atoms with Crippen LogP contribution in [0.3, 0.4) is 0 Å². The van der Waals surface area contributed by atoms with Crippen molar-refractivity contribution in [3.8, 4) is 0 Å². The van der Waals surface area contributed by atoms with Gasteiger partial charge in [0.1, 0.15) is 6.10 Å². The fourth-order valence-corrected chi connectivity index (χ4v) is 3.13. The lowest BCUT2D eigenvalue weighted by Crippen LogP contribution is -2.00. The normalized spacial score (nSPS) is 12.8. The summed E-state index contributed by atoms with van der Waals surface area (Å²) in [5, 5.41) is 10.3. The molecule has 0 amide bonds. The maximum Gasteiger partial charge on any atom is 0.113 e. The zero-order valence-corrected chi connectivity index (χ0v) is 11.6. The van der Waals surface area contributed by atoms with E-state index in [0.29, 0.717) is 0 Å². The molecule has 84 valence electrons. The molecule has 2 rings (SSSR count). The van der Waals surface area contributed by atoms with Crippen molar-refractivity contribution in [1.82, 2.24) is 0 Å². The second kappa shape index (κ2) is 4.70. The van der Waals surface area contributed by atoms with Gasteiger partial charge in [-0.15, -0.1) is 11.3 Å². The molecule has 0 saturated carbocycles. The largest absolute Gasteiger partial charge is 0.383 e. The standard InChI is InChI=1S/C13H13BrOS/c1-8-4-3-5-10(9(8)2)13(15)11-6-7-12(14)16-11/h3-7,13,15H,1-2H3. The molecule has 0 spiro atoms. The Balaban J connectivity index is 2.41. The van der Waals surface area contributed by atoms with Crippen LogP contribution in [0.2, 0.25) is 0 Å². The summed E-state index contributed by atoms with van der Waals surface area (Å²) in [6, 6.07) is 9.97. The summed E-state index contributed by atoms with van der Waals surface area (Å²) in [6.45, 7) is 4.12. The van der Waals surface area contributed by atoms with E-state index in [0.717, 1.165) is 14.2 Å².